The maximum absolute atomic E-state index is 12.4. The van der Waals surface area contributed by atoms with E-state index in [1.807, 2.05) is 50.2 Å². The van der Waals surface area contributed by atoms with Crippen molar-refractivity contribution < 1.29 is 4.79 Å². The Morgan fingerprint density at radius 2 is 2.05 bits per heavy atom. The van der Waals surface area contributed by atoms with Crippen LogP contribution in [-0.4, -0.2) is 25.0 Å². The number of pyridine rings is 1. The van der Waals surface area contributed by atoms with E-state index in [4.69, 9.17) is 0 Å². The number of benzene rings is 1. The van der Waals surface area contributed by atoms with Gasteiger partial charge in [-0.3, -0.25) is 4.79 Å². The lowest BCUT2D eigenvalue weighted by Gasteiger charge is -2.16. The summed E-state index contributed by atoms with van der Waals surface area (Å²) in [4.78, 5) is 18.5. The van der Waals surface area contributed by atoms with Gasteiger partial charge in [-0.05, 0) is 47.1 Å². The van der Waals surface area contributed by atoms with Crippen molar-refractivity contribution in [1.82, 2.24) is 4.98 Å². The Bertz CT molecular complexity index is 641. The molecule has 1 N–H and O–H groups in total. The Labute approximate surface area is 127 Å². The van der Waals surface area contributed by atoms with Gasteiger partial charge in [0, 0.05) is 24.8 Å². The van der Waals surface area contributed by atoms with Crippen molar-refractivity contribution in [2.75, 3.05) is 24.3 Å². The van der Waals surface area contributed by atoms with Gasteiger partial charge < -0.3 is 10.2 Å². The first-order valence-electron chi connectivity index (χ1n) is 6.19. The monoisotopic (exact) mass is 333 g/mol. The minimum absolute atomic E-state index is 0.156. The van der Waals surface area contributed by atoms with E-state index in [0.29, 0.717) is 11.3 Å². The maximum atomic E-state index is 12.4. The number of carbonyl (C=O) groups is 1. The van der Waals surface area contributed by atoms with E-state index in [2.05, 4.69) is 26.2 Å². The summed E-state index contributed by atoms with van der Waals surface area (Å²) in [6.07, 6.45) is 1.70. The van der Waals surface area contributed by atoms with Crippen molar-refractivity contribution in [1.29, 1.82) is 0 Å². The Morgan fingerprint density at radius 1 is 1.30 bits per heavy atom. The van der Waals surface area contributed by atoms with E-state index in [-0.39, 0.29) is 5.91 Å². The summed E-state index contributed by atoms with van der Waals surface area (Å²) in [6, 6.07) is 9.32. The van der Waals surface area contributed by atoms with E-state index in [9.17, 15) is 4.79 Å². The second-order valence-electron chi connectivity index (χ2n) is 4.71. The zero-order valence-electron chi connectivity index (χ0n) is 11.6. The first-order chi connectivity index (χ1) is 9.49. The Balaban J connectivity index is 2.31. The molecule has 1 heterocycles. The zero-order valence-corrected chi connectivity index (χ0v) is 13.2. The van der Waals surface area contributed by atoms with Crippen molar-refractivity contribution in [3.63, 3.8) is 0 Å². The highest BCUT2D eigenvalue weighted by Crippen LogP contribution is 2.23. The molecule has 104 valence electrons. The molecule has 0 fully saturated rings. The normalized spacial score (nSPS) is 10.2. The second kappa shape index (κ2) is 6.05. The van der Waals surface area contributed by atoms with Crippen molar-refractivity contribution in [2.45, 2.75) is 6.92 Å². The number of anilines is 2. The van der Waals surface area contributed by atoms with Gasteiger partial charge in [0.15, 0.2) is 5.82 Å². The number of aromatic nitrogens is 1. The molecule has 5 heteroatoms. The molecule has 0 atom stereocenters. The van der Waals surface area contributed by atoms with Crippen LogP contribution >= 0.6 is 15.9 Å². The molecular weight excluding hydrogens is 318 g/mol. The molecule has 0 aliphatic rings. The summed E-state index contributed by atoms with van der Waals surface area (Å²) in [5.41, 5.74) is 2.34. The van der Waals surface area contributed by atoms with Crippen LogP contribution < -0.4 is 10.2 Å². The number of halogens is 1. The molecule has 2 rings (SSSR count). The number of hydrogen-bond acceptors (Lipinski definition) is 3. The maximum Gasteiger partial charge on any atom is 0.256 e. The first kappa shape index (κ1) is 14.5. The van der Waals surface area contributed by atoms with E-state index in [1.54, 1.807) is 12.3 Å². The molecular formula is C15H16BrN3O. The fourth-order valence-electron chi connectivity index (χ4n) is 1.85. The number of carbonyl (C=O) groups excluding carboxylic acids is 1. The minimum Gasteiger partial charge on any atom is -0.361 e. The number of aryl methyl sites for hydroxylation is 1. The molecule has 0 radical (unpaired) electrons. The fourth-order valence-corrected chi connectivity index (χ4v) is 2.28. The van der Waals surface area contributed by atoms with E-state index in [1.165, 1.54) is 0 Å². The molecule has 1 aromatic heterocycles. The van der Waals surface area contributed by atoms with E-state index >= 15 is 0 Å². The molecule has 1 amide bonds. The SMILES string of the molecule is Cc1ccc(Br)c(C(=O)Nc2cccnc2N(C)C)c1. The summed E-state index contributed by atoms with van der Waals surface area (Å²) >= 11 is 3.40. The van der Waals surface area contributed by atoms with Crippen LogP contribution in [0.25, 0.3) is 0 Å². The van der Waals surface area contributed by atoms with Crippen LogP contribution in [-0.2, 0) is 0 Å². The van der Waals surface area contributed by atoms with Crippen molar-refractivity contribution in [3.8, 4) is 0 Å². The number of hydrogen-bond donors (Lipinski definition) is 1. The third-order valence-corrected chi connectivity index (χ3v) is 3.52. The van der Waals surface area contributed by atoms with Crippen LogP contribution in [0, 0.1) is 6.92 Å². The summed E-state index contributed by atoms with van der Waals surface area (Å²) in [7, 11) is 3.78. The van der Waals surface area contributed by atoms with Gasteiger partial charge in [0.25, 0.3) is 5.91 Å². The Morgan fingerprint density at radius 3 is 2.75 bits per heavy atom. The van der Waals surface area contributed by atoms with Gasteiger partial charge in [0.05, 0.1) is 11.3 Å². The second-order valence-corrected chi connectivity index (χ2v) is 5.56. The molecule has 0 aliphatic heterocycles. The van der Waals surface area contributed by atoms with Gasteiger partial charge in [0.1, 0.15) is 0 Å². The van der Waals surface area contributed by atoms with Crippen molar-refractivity contribution in [2.24, 2.45) is 0 Å². The average Bonchev–Trinajstić information content (AvgIpc) is 2.41. The quantitative estimate of drug-likeness (QED) is 0.935. The lowest BCUT2D eigenvalue weighted by atomic mass is 10.1. The zero-order chi connectivity index (χ0) is 14.7. The van der Waals surface area contributed by atoms with Gasteiger partial charge in [0.2, 0.25) is 0 Å². The molecule has 0 saturated heterocycles. The molecule has 1 aromatic carbocycles. The smallest absolute Gasteiger partial charge is 0.256 e. The van der Waals surface area contributed by atoms with Crippen LogP contribution in [0.3, 0.4) is 0 Å². The van der Waals surface area contributed by atoms with Crippen molar-refractivity contribution in [3.05, 3.63) is 52.1 Å². The topological polar surface area (TPSA) is 45.2 Å². The lowest BCUT2D eigenvalue weighted by molar-refractivity contribution is 0.102. The molecule has 2 aromatic rings. The summed E-state index contributed by atoms with van der Waals surface area (Å²) in [5.74, 6) is 0.571. The number of nitrogens with one attached hydrogen (secondary N) is 1. The predicted molar refractivity (Wildman–Crippen MR) is 85.4 cm³/mol. The van der Waals surface area contributed by atoms with Crippen LogP contribution in [0.4, 0.5) is 11.5 Å². The highest BCUT2D eigenvalue weighted by atomic mass is 79.9. The lowest BCUT2D eigenvalue weighted by Crippen LogP contribution is -2.18. The first-order valence-corrected chi connectivity index (χ1v) is 6.98. The fraction of sp³-hybridized carbons (Fsp3) is 0.200. The summed E-state index contributed by atoms with van der Waals surface area (Å²) in [6.45, 7) is 1.96. The molecule has 0 saturated carbocycles. The van der Waals surface area contributed by atoms with Gasteiger partial charge in [-0.15, -0.1) is 0 Å². The molecule has 0 aliphatic carbocycles. The van der Waals surface area contributed by atoms with E-state index in [0.717, 1.165) is 15.9 Å². The predicted octanol–water partition coefficient (Wildman–Crippen LogP) is 3.47. The van der Waals surface area contributed by atoms with Gasteiger partial charge >= 0.3 is 0 Å². The van der Waals surface area contributed by atoms with Crippen LogP contribution in [0.5, 0.6) is 0 Å². The van der Waals surface area contributed by atoms with Gasteiger partial charge in [-0.25, -0.2) is 4.98 Å². The number of amides is 1. The Kier molecular flexibility index (Phi) is 4.39. The van der Waals surface area contributed by atoms with Crippen LogP contribution in [0.2, 0.25) is 0 Å². The third kappa shape index (κ3) is 3.17. The minimum atomic E-state index is -0.156. The number of rotatable bonds is 3. The molecule has 0 bridgehead atoms. The van der Waals surface area contributed by atoms with E-state index < -0.39 is 0 Å². The average molecular weight is 334 g/mol. The molecule has 4 nitrogen and oxygen atoms in total. The summed E-state index contributed by atoms with van der Waals surface area (Å²) < 4.78 is 0.774. The number of nitrogens with zero attached hydrogens (tertiary/aromatic N) is 2. The van der Waals surface area contributed by atoms with Gasteiger partial charge in [-0.2, -0.15) is 0 Å². The largest absolute Gasteiger partial charge is 0.361 e. The standard InChI is InChI=1S/C15H16BrN3O/c1-10-6-7-12(16)11(9-10)15(20)18-13-5-4-8-17-14(13)19(2)3/h4-9H,1-3H3,(H,18,20). The molecule has 0 spiro atoms. The van der Waals surface area contributed by atoms with Crippen LogP contribution in [0.1, 0.15) is 15.9 Å². The molecule has 20 heavy (non-hydrogen) atoms. The van der Waals surface area contributed by atoms with Gasteiger partial charge in [-0.1, -0.05) is 11.6 Å². The van der Waals surface area contributed by atoms with Crippen LogP contribution in [0.15, 0.2) is 41.0 Å². The molecule has 0 unspecified atom stereocenters. The van der Waals surface area contributed by atoms with Crippen molar-refractivity contribution >= 4 is 33.3 Å². The summed E-state index contributed by atoms with van der Waals surface area (Å²) in [5, 5.41) is 2.90. The third-order valence-electron chi connectivity index (χ3n) is 2.82. The Hall–Kier alpha value is -1.88. The highest BCUT2D eigenvalue weighted by molar-refractivity contribution is 9.10. The highest BCUT2D eigenvalue weighted by Gasteiger charge is 2.13.